The number of carboxylic acids is 1. The molecule has 1 aliphatic heterocycles. The quantitative estimate of drug-likeness (QED) is 0.276. The molecule has 2 N–H and O–H groups in total. The van der Waals surface area contributed by atoms with Crippen LogP contribution in [0.2, 0.25) is 10.0 Å². The number of aromatic hydroxyl groups is 1. The molecule has 0 saturated carbocycles. The normalized spacial score (nSPS) is 19.9. The molecule has 4 rings (SSSR count). The first-order valence-corrected chi connectivity index (χ1v) is 12.3. The van der Waals surface area contributed by atoms with E-state index in [1.54, 1.807) is 30.3 Å². The number of carboxylic acid groups (broad SMARTS) is 1. The summed E-state index contributed by atoms with van der Waals surface area (Å²) in [6.45, 7) is 0.394. The third kappa shape index (κ3) is 6.80. The zero-order chi connectivity index (χ0) is 25.5. The van der Waals surface area contributed by atoms with Crippen molar-refractivity contribution in [1.82, 2.24) is 0 Å². The highest BCUT2D eigenvalue weighted by Gasteiger charge is 2.34. The molecule has 0 amide bonds. The van der Waals surface area contributed by atoms with Gasteiger partial charge in [-0.3, -0.25) is 4.79 Å². The lowest BCUT2D eigenvalue weighted by atomic mass is 9.91. The van der Waals surface area contributed by atoms with Crippen molar-refractivity contribution in [3.63, 3.8) is 0 Å². The standard InChI is InChI=1S/C28H26Cl2O6/c29-23-14-13-21(16-24(23)30)35-20-9-6-8-18(15-20)28-34-17-19(7-2-1-3-12-26(32)33)27(36-28)22-10-4-5-11-25(22)31/h1-2,4-6,8-11,13-16,19,27-28,31H,3,7,12,17H2,(H,32,33)/b2-1+/t19-,27+,28+/m1/s1. The van der Waals surface area contributed by atoms with Gasteiger partial charge < -0.3 is 24.4 Å². The van der Waals surface area contributed by atoms with Gasteiger partial charge in [0.05, 0.1) is 22.8 Å². The van der Waals surface area contributed by atoms with Gasteiger partial charge in [-0.25, -0.2) is 0 Å². The Hall–Kier alpha value is -3.03. The largest absolute Gasteiger partial charge is 0.508 e. The van der Waals surface area contributed by atoms with Crippen molar-refractivity contribution >= 4 is 29.2 Å². The van der Waals surface area contributed by atoms with E-state index >= 15 is 0 Å². The zero-order valence-corrected chi connectivity index (χ0v) is 20.9. The molecule has 3 aromatic rings. The van der Waals surface area contributed by atoms with Gasteiger partial charge in [-0.15, -0.1) is 0 Å². The second-order valence-corrected chi connectivity index (χ2v) is 9.25. The number of carbonyl (C=O) groups is 1. The maximum atomic E-state index is 10.7. The van der Waals surface area contributed by atoms with Crippen LogP contribution >= 0.6 is 23.2 Å². The maximum absolute atomic E-state index is 10.7. The number of phenols is 1. The highest BCUT2D eigenvalue weighted by Crippen LogP contribution is 2.43. The summed E-state index contributed by atoms with van der Waals surface area (Å²) in [6.07, 6.45) is 3.86. The second kappa shape index (κ2) is 12.3. The average Bonchev–Trinajstić information content (AvgIpc) is 2.86. The number of ether oxygens (including phenoxy) is 3. The van der Waals surface area contributed by atoms with Crippen molar-refractivity contribution in [2.24, 2.45) is 5.92 Å². The highest BCUT2D eigenvalue weighted by atomic mass is 35.5. The van der Waals surface area contributed by atoms with E-state index < -0.39 is 18.4 Å². The van der Waals surface area contributed by atoms with Crippen LogP contribution < -0.4 is 4.74 Å². The van der Waals surface area contributed by atoms with Gasteiger partial charge in [0.2, 0.25) is 0 Å². The topological polar surface area (TPSA) is 85.2 Å². The summed E-state index contributed by atoms with van der Waals surface area (Å²) in [5.41, 5.74) is 1.45. The van der Waals surface area contributed by atoms with E-state index in [1.165, 1.54) is 0 Å². The molecular weight excluding hydrogens is 503 g/mol. The fourth-order valence-electron chi connectivity index (χ4n) is 4.00. The van der Waals surface area contributed by atoms with Crippen LogP contribution in [0.25, 0.3) is 0 Å². The smallest absolute Gasteiger partial charge is 0.303 e. The molecule has 0 aromatic heterocycles. The van der Waals surface area contributed by atoms with Gasteiger partial charge in [0, 0.05) is 29.5 Å². The molecule has 6 nitrogen and oxygen atoms in total. The minimum atomic E-state index is -0.829. The van der Waals surface area contributed by atoms with Crippen molar-refractivity contribution in [3.8, 4) is 17.2 Å². The lowest BCUT2D eigenvalue weighted by Gasteiger charge is -2.37. The molecule has 1 saturated heterocycles. The van der Waals surface area contributed by atoms with E-state index in [-0.39, 0.29) is 18.1 Å². The van der Waals surface area contributed by atoms with Gasteiger partial charge in [0.1, 0.15) is 17.2 Å². The van der Waals surface area contributed by atoms with Crippen molar-refractivity contribution in [1.29, 1.82) is 0 Å². The van der Waals surface area contributed by atoms with Crippen LogP contribution in [0.1, 0.15) is 42.8 Å². The van der Waals surface area contributed by atoms with Crippen LogP contribution in [0.15, 0.2) is 78.9 Å². The zero-order valence-electron chi connectivity index (χ0n) is 19.3. The Balaban J connectivity index is 1.51. The summed E-state index contributed by atoms with van der Waals surface area (Å²) < 4.78 is 18.4. The second-order valence-electron chi connectivity index (χ2n) is 8.43. The molecule has 0 aliphatic carbocycles. The van der Waals surface area contributed by atoms with Crippen LogP contribution in [0, 0.1) is 5.92 Å². The molecular formula is C28H26Cl2O6. The van der Waals surface area contributed by atoms with Crippen LogP contribution in [0.3, 0.4) is 0 Å². The number of rotatable bonds is 9. The molecule has 0 unspecified atom stereocenters. The summed E-state index contributed by atoms with van der Waals surface area (Å²) >= 11 is 12.1. The van der Waals surface area contributed by atoms with Gasteiger partial charge in [-0.05, 0) is 43.2 Å². The summed E-state index contributed by atoms with van der Waals surface area (Å²) in [7, 11) is 0. The molecule has 36 heavy (non-hydrogen) atoms. The fourth-order valence-corrected chi connectivity index (χ4v) is 4.29. The van der Waals surface area contributed by atoms with E-state index in [4.69, 9.17) is 42.5 Å². The number of hydrogen-bond acceptors (Lipinski definition) is 5. The van der Waals surface area contributed by atoms with Crippen molar-refractivity contribution in [2.45, 2.75) is 31.7 Å². The van der Waals surface area contributed by atoms with Gasteiger partial charge in [0.25, 0.3) is 0 Å². The van der Waals surface area contributed by atoms with E-state index in [0.717, 1.165) is 5.56 Å². The number of aliphatic carboxylic acids is 1. The van der Waals surface area contributed by atoms with Gasteiger partial charge in [0.15, 0.2) is 6.29 Å². The number of allylic oxidation sites excluding steroid dienone is 2. The predicted octanol–water partition coefficient (Wildman–Crippen LogP) is 7.71. The third-order valence-corrected chi connectivity index (χ3v) is 6.53. The van der Waals surface area contributed by atoms with Crippen LogP contribution in [-0.4, -0.2) is 22.8 Å². The van der Waals surface area contributed by atoms with Crippen molar-refractivity contribution < 1.29 is 29.2 Å². The monoisotopic (exact) mass is 528 g/mol. The average molecular weight is 529 g/mol. The lowest BCUT2D eigenvalue weighted by Crippen LogP contribution is -2.30. The molecule has 0 radical (unpaired) electrons. The Labute approximate surface area is 219 Å². The first kappa shape index (κ1) is 26.0. The van der Waals surface area contributed by atoms with E-state index in [0.29, 0.717) is 46.6 Å². The molecule has 3 aromatic carbocycles. The number of phenolic OH excluding ortho intramolecular Hbond substituents is 1. The Morgan fingerprint density at radius 3 is 2.58 bits per heavy atom. The van der Waals surface area contributed by atoms with Crippen molar-refractivity contribution in [2.75, 3.05) is 6.61 Å². The van der Waals surface area contributed by atoms with E-state index in [1.807, 2.05) is 48.6 Å². The Kier molecular flexibility index (Phi) is 8.88. The number of hydrogen-bond donors (Lipinski definition) is 2. The van der Waals surface area contributed by atoms with Gasteiger partial charge >= 0.3 is 5.97 Å². The van der Waals surface area contributed by atoms with Gasteiger partial charge in [-0.1, -0.05) is 65.7 Å². The summed E-state index contributed by atoms with van der Waals surface area (Å²) in [4.78, 5) is 10.7. The molecule has 188 valence electrons. The Morgan fingerprint density at radius 2 is 1.81 bits per heavy atom. The molecule has 3 atom stereocenters. The summed E-state index contributed by atoms with van der Waals surface area (Å²) in [5, 5.41) is 20.2. The maximum Gasteiger partial charge on any atom is 0.303 e. The third-order valence-electron chi connectivity index (χ3n) is 5.79. The summed E-state index contributed by atoms with van der Waals surface area (Å²) in [5.74, 6) is 0.393. The lowest BCUT2D eigenvalue weighted by molar-refractivity contribution is -0.244. The summed E-state index contributed by atoms with van der Waals surface area (Å²) in [6, 6.07) is 19.5. The fraction of sp³-hybridized carbons (Fsp3) is 0.250. The number of para-hydroxylation sites is 1. The molecule has 0 bridgehead atoms. The van der Waals surface area contributed by atoms with E-state index in [2.05, 4.69) is 0 Å². The number of halogens is 2. The molecule has 0 spiro atoms. The number of benzene rings is 3. The Morgan fingerprint density at radius 1 is 1.00 bits per heavy atom. The SMILES string of the molecule is O=C(O)CC/C=C/C[C@@H]1CO[C@H](c2cccc(Oc3ccc(Cl)c(Cl)c3)c2)O[C@@H]1c1ccccc1O. The van der Waals surface area contributed by atoms with Crippen LogP contribution in [0.5, 0.6) is 17.2 Å². The van der Waals surface area contributed by atoms with Gasteiger partial charge in [-0.2, -0.15) is 0 Å². The molecule has 1 fully saturated rings. The highest BCUT2D eigenvalue weighted by molar-refractivity contribution is 6.42. The molecule has 1 heterocycles. The first-order chi connectivity index (χ1) is 17.4. The minimum absolute atomic E-state index is 0.0636. The molecule has 8 heteroatoms. The molecule has 1 aliphatic rings. The van der Waals surface area contributed by atoms with Crippen LogP contribution in [-0.2, 0) is 14.3 Å². The van der Waals surface area contributed by atoms with Crippen molar-refractivity contribution in [3.05, 3.63) is 100 Å². The minimum Gasteiger partial charge on any atom is -0.508 e. The van der Waals surface area contributed by atoms with Crippen LogP contribution in [0.4, 0.5) is 0 Å². The Bertz CT molecular complexity index is 1230. The predicted molar refractivity (Wildman–Crippen MR) is 138 cm³/mol. The first-order valence-electron chi connectivity index (χ1n) is 11.6. The van der Waals surface area contributed by atoms with E-state index in [9.17, 15) is 9.90 Å².